The lowest BCUT2D eigenvalue weighted by Crippen LogP contribution is -2.62. The molecule has 0 aromatic heterocycles. The normalized spacial score (nSPS) is 28.9. The summed E-state index contributed by atoms with van der Waals surface area (Å²) in [5, 5.41) is 9.73. The van der Waals surface area contributed by atoms with Crippen molar-refractivity contribution >= 4 is 28.7 Å². The number of amidine groups is 1. The summed E-state index contributed by atoms with van der Waals surface area (Å²) in [7, 11) is 0. The Morgan fingerprint density at radius 3 is 3.06 bits per heavy atom. The molecule has 7 heteroatoms. The molecule has 2 atom stereocenters. The number of amides is 2. The molecule has 2 fully saturated rings. The number of thioether (sulfide) groups is 1. The van der Waals surface area contributed by atoms with E-state index in [1.54, 1.807) is 4.90 Å². The molecule has 0 aromatic rings. The van der Waals surface area contributed by atoms with Crippen molar-refractivity contribution < 1.29 is 9.59 Å². The topological polar surface area (TPSA) is 99.3 Å². The van der Waals surface area contributed by atoms with Gasteiger partial charge >= 0.3 is 0 Å². The monoisotopic (exact) mass is 242 g/mol. The Labute approximate surface area is 97.4 Å². The maximum atomic E-state index is 12.0. The molecule has 0 radical (unpaired) electrons. The minimum Gasteiger partial charge on any atom is -0.379 e. The molecule has 6 nitrogen and oxygen atoms in total. The molecule has 4 N–H and O–H groups in total. The summed E-state index contributed by atoms with van der Waals surface area (Å²) in [5.41, 5.74) is 5.21. The molecule has 0 aliphatic carbocycles. The number of fused-ring (bicyclic) bond motifs is 1. The largest absolute Gasteiger partial charge is 0.379 e. The standard InChI is InChI=1S/C9H14N4O2S/c10-9(11)16-4-5-8(15)13-3-1-2-6(13)7(14)12-5/h5-6H,1-4H2,(H3,10,11)(H,12,14)/t5-,6-/m0/s1. The Balaban J connectivity index is 2.02. The molecule has 2 amide bonds. The second kappa shape index (κ2) is 4.32. The van der Waals surface area contributed by atoms with Crippen LogP contribution in [0.2, 0.25) is 0 Å². The lowest BCUT2D eigenvalue weighted by Gasteiger charge is -2.34. The highest BCUT2D eigenvalue weighted by Gasteiger charge is 2.42. The van der Waals surface area contributed by atoms with Crippen molar-refractivity contribution in [3.63, 3.8) is 0 Å². The zero-order valence-corrected chi connectivity index (χ0v) is 9.55. The maximum absolute atomic E-state index is 12.0. The molecule has 2 heterocycles. The molecule has 0 unspecified atom stereocenters. The summed E-state index contributed by atoms with van der Waals surface area (Å²) < 4.78 is 0. The van der Waals surface area contributed by atoms with Gasteiger partial charge in [0.05, 0.1) is 0 Å². The Hall–Kier alpha value is -1.24. The number of nitrogens with zero attached hydrogens (tertiary/aromatic N) is 1. The summed E-state index contributed by atoms with van der Waals surface area (Å²) in [6, 6.07) is -0.804. The van der Waals surface area contributed by atoms with Gasteiger partial charge in [-0.05, 0) is 12.8 Å². The van der Waals surface area contributed by atoms with Crippen molar-refractivity contribution in [2.75, 3.05) is 12.3 Å². The van der Waals surface area contributed by atoms with E-state index in [1.165, 1.54) is 0 Å². The van der Waals surface area contributed by atoms with Gasteiger partial charge in [-0.15, -0.1) is 0 Å². The number of carbonyl (C=O) groups is 2. The van der Waals surface area contributed by atoms with Crippen molar-refractivity contribution in [1.29, 1.82) is 5.41 Å². The third-order valence-electron chi connectivity index (χ3n) is 2.86. The predicted molar refractivity (Wildman–Crippen MR) is 61.0 cm³/mol. The fourth-order valence-electron chi connectivity index (χ4n) is 2.12. The number of piperazine rings is 1. The van der Waals surface area contributed by atoms with E-state index in [0.29, 0.717) is 12.3 Å². The van der Waals surface area contributed by atoms with E-state index < -0.39 is 6.04 Å². The Bertz CT molecular complexity index is 346. The van der Waals surface area contributed by atoms with Gasteiger partial charge < -0.3 is 16.0 Å². The van der Waals surface area contributed by atoms with Crippen LogP contribution >= 0.6 is 11.8 Å². The molecule has 2 saturated heterocycles. The van der Waals surface area contributed by atoms with Gasteiger partial charge in [0.15, 0.2) is 5.17 Å². The molecular weight excluding hydrogens is 228 g/mol. The van der Waals surface area contributed by atoms with Gasteiger partial charge in [-0.1, -0.05) is 11.8 Å². The van der Waals surface area contributed by atoms with Crippen LogP contribution in [-0.4, -0.2) is 46.3 Å². The van der Waals surface area contributed by atoms with Crippen LogP contribution in [-0.2, 0) is 9.59 Å². The molecule has 0 aromatic carbocycles. The molecule has 16 heavy (non-hydrogen) atoms. The Kier molecular flexibility index (Phi) is 3.04. The molecule has 2 aliphatic heterocycles. The highest BCUT2D eigenvalue weighted by Crippen LogP contribution is 2.22. The lowest BCUT2D eigenvalue weighted by molar-refractivity contribution is -0.146. The van der Waals surface area contributed by atoms with Crippen molar-refractivity contribution in [1.82, 2.24) is 10.2 Å². The quantitative estimate of drug-likeness (QED) is 0.432. The summed E-state index contributed by atoms with van der Waals surface area (Å²) in [6.45, 7) is 0.665. The highest BCUT2D eigenvalue weighted by atomic mass is 32.2. The van der Waals surface area contributed by atoms with Crippen molar-refractivity contribution in [3.8, 4) is 0 Å². The summed E-state index contributed by atoms with van der Waals surface area (Å²) >= 11 is 1.08. The molecule has 88 valence electrons. The maximum Gasteiger partial charge on any atom is 0.246 e. The molecule has 0 spiro atoms. The van der Waals surface area contributed by atoms with Gasteiger partial charge in [-0.2, -0.15) is 0 Å². The van der Waals surface area contributed by atoms with Crippen molar-refractivity contribution in [3.05, 3.63) is 0 Å². The van der Waals surface area contributed by atoms with Crippen LogP contribution in [0.15, 0.2) is 0 Å². The van der Waals surface area contributed by atoms with E-state index in [4.69, 9.17) is 11.1 Å². The van der Waals surface area contributed by atoms with Crippen LogP contribution in [0.25, 0.3) is 0 Å². The van der Waals surface area contributed by atoms with Gasteiger partial charge in [-0.25, -0.2) is 0 Å². The zero-order valence-electron chi connectivity index (χ0n) is 8.73. The minimum atomic E-state index is -0.532. The summed E-state index contributed by atoms with van der Waals surface area (Å²) in [6.07, 6.45) is 1.64. The van der Waals surface area contributed by atoms with E-state index in [1.807, 2.05) is 0 Å². The van der Waals surface area contributed by atoms with Crippen LogP contribution in [0.4, 0.5) is 0 Å². The fraction of sp³-hybridized carbons (Fsp3) is 0.667. The number of hydrogen-bond donors (Lipinski definition) is 3. The second-order valence-corrected chi connectivity index (χ2v) is 4.99. The predicted octanol–water partition coefficient (Wildman–Crippen LogP) is -0.898. The first-order chi connectivity index (χ1) is 7.59. The first-order valence-electron chi connectivity index (χ1n) is 5.17. The SMILES string of the molecule is N=C(N)SC[C@@H]1NC(=O)[C@@H]2CCCN2C1=O. The van der Waals surface area contributed by atoms with E-state index in [0.717, 1.165) is 24.6 Å². The molecular formula is C9H14N4O2S. The highest BCUT2D eigenvalue weighted by molar-refractivity contribution is 8.13. The van der Waals surface area contributed by atoms with Gasteiger partial charge in [-0.3, -0.25) is 15.0 Å². The van der Waals surface area contributed by atoms with Crippen molar-refractivity contribution in [2.24, 2.45) is 5.73 Å². The molecule has 2 rings (SSSR count). The van der Waals surface area contributed by atoms with Crippen LogP contribution in [0.1, 0.15) is 12.8 Å². The van der Waals surface area contributed by atoms with E-state index in [9.17, 15) is 9.59 Å². The van der Waals surface area contributed by atoms with Crippen LogP contribution in [0.3, 0.4) is 0 Å². The molecule has 0 saturated carbocycles. The molecule has 0 bridgehead atoms. The third kappa shape index (κ3) is 1.99. The van der Waals surface area contributed by atoms with Gasteiger partial charge in [0.1, 0.15) is 12.1 Å². The third-order valence-corrected chi connectivity index (χ3v) is 3.67. The average molecular weight is 242 g/mol. The van der Waals surface area contributed by atoms with E-state index >= 15 is 0 Å². The second-order valence-electron chi connectivity index (χ2n) is 3.93. The number of nitrogens with one attached hydrogen (secondary N) is 2. The zero-order chi connectivity index (χ0) is 11.7. The number of rotatable bonds is 2. The number of hydrogen-bond acceptors (Lipinski definition) is 4. The smallest absolute Gasteiger partial charge is 0.246 e. The van der Waals surface area contributed by atoms with Gasteiger partial charge in [0.2, 0.25) is 11.8 Å². The Morgan fingerprint density at radius 2 is 2.38 bits per heavy atom. The van der Waals surface area contributed by atoms with E-state index in [2.05, 4.69) is 5.32 Å². The van der Waals surface area contributed by atoms with Crippen LogP contribution < -0.4 is 11.1 Å². The van der Waals surface area contributed by atoms with Crippen molar-refractivity contribution in [2.45, 2.75) is 24.9 Å². The summed E-state index contributed by atoms with van der Waals surface area (Å²) in [5.74, 6) is 0.213. The average Bonchev–Trinajstić information content (AvgIpc) is 2.70. The van der Waals surface area contributed by atoms with Crippen LogP contribution in [0, 0.1) is 5.41 Å². The number of carbonyl (C=O) groups excluding carboxylic acids is 2. The summed E-state index contributed by atoms with van der Waals surface area (Å²) in [4.78, 5) is 25.3. The van der Waals surface area contributed by atoms with Gasteiger partial charge in [0.25, 0.3) is 0 Å². The minimum absolute atomic E-state index is 0.0365. The Morgan fingerprint density at radius 1 is 1.62 bits per heavy atom. The fourth-order valence-corrected chi connectivity index (χ4v) is 2.69. The number of nitrogens with two attached hydrogens (primary N) is 1. The molecule has 2 aliphatic rings. The van der Waals surface area contributed by atoms with Gasteiger partial charge in [0, 0.05) is 12.3 Å². The first kappa shape index (κ1) is 11.3. The lowest BCUT2D eigenvalue weighted by atomic mass is 10.1. The van der Waals surface area contributed by atoms with Crippen LogP contribution in [0.5, 0.6) is 0 Å². The first-order valence-corrected chi connectivity index (χ1v) is 6.16. The van der Waals surface area contributed by atoms with E-state index in [-0.39, 0.29) is 23.0 Å².